The van der Waals surface area contributed by atoms with E-state index >= 15 is 0 Å². The third-order valence-electron chi connectivity index (χ3n) is 4.76. The number of benzene rings is 2. The number of hydrogen-bond acceptors (Lipinski definition) is 4. The quantitative estimate of drug-likeness (QED) is 0.501. The van der Waals surface area contributed by atoms with Gasteiger partial charge in [0, 0.05) is 18.0 Å². The highest BCUT2D eigenvalue weighted by molar-refractivity contribution is 5.80. The molecule has 2 aromatic carbocycles. The van der Waals surface area contributed by atoms with Crippen LogP contribution in [0.3, 0.4) is 0 Å². The third-order valence-corrected chi connectivity index (χ3v) is 4.76. The first-order chi connectivity index (χ1) is 13.2. The standard InChI is InChI=1S/C23H21NO3/c1-2-16-10-11-19-18(14-22(25)27-21(19)13-16)15-24-23(20-9-6-12-26-20)17-7-4-3-5-8-17/h3-14,23-24H,2,15H2,1H3/t23-/m1/s1. The molecule has 0 aliphatic carbocycles. The van der Waals surface area contributed by atoms with Gasteiger partial charge in [-0.3, -0.25) is 5.32 Å². The van der Waals surface area contributed by atoms with E-state index in [-0.39, 0.29) is 11.7 Å². The molecule has 4 heteroatoms. The summed E-state index contributed by atoms with van der Waals surface area (Å²) < 4.78 is 11.0. The van der Waals surface area contributed by atoms with Gasteiger partial charge in [-0.1, -0.05) is 49.4 Å². The van der Waals surface area contributed by atoms with E-state index in [1.54, 1.807) is 12.3 Å². The van der Waals surface area contributed by atoms with Crippen molar-refractivity contribution in [2.75, 3.05) is 0 Å². The SMILES string of the molecule is CCc1ccc2c(CN[C@H](c3ccccc3)c3ccco3)cc(=O)oc2c1. The smallest absolute Gasteiger partial charge is 0.336 e. The molecule has 27 heavy (non-hydrogen) atoms. The Balaban J connectivity index is 1.68. The molecule has 0 radical (unpaired) electrons. The summed E-state index contributed by atoms with van der Waals surface area (Å²) in [5.74, 6) is 0.835. The zero-order chi connectivity index (χ0) is 18.6. The lowest BCUT2D eigenvalue weighted by atomic mass is 10.0. The van der Waals surface area contributed by atoms with Crippen LogP contribution < -0.4 is 10.9 Å². The normalized spacial score (nSPS) is 12.3. The Bertz CT molecular complexity index is 1080. The summed E-state index contributed by atoms with van der Waals surface area (Å²) >= 11 is 0. The van der Waals surface area contributed by atoms with Crippen LogP contribution in [0.4, 0.5) is 0 Å². The number of furan rings is 1. The van der Waals surface area contributed by atoms with Crippen molar-refractivity contribution < 1.29 is 8.83 Å². The fourth-order valence-corrected chi connectivity index (χ4v) is 3.34. The van der Waals surface area contributed by atoms with Gasteiger partial charge in [0.2, 0.25) is 0 Å². The average Bonchev–Trinajstić information content (AvgIpc) is 3.22. The Hall–Kier alpha value is -3.11. The van der Waals surface area contributed by atoms with Gasteiger partial charge in [-0.25, -0.2) is 4.79 Å². The molecule has 136 valence electrons. The maximum Gasteiger partial charge on any atom is 0.336 e. The molecule has 0 saturated heterocycles. The summed E-state index contributed by atoms with van der Waals surface area (Å²) in [6, 6.07) is 21.5. The second kappa shape index (κ2) is 7.64. The zero-order valence-electron chi connectivity index (χ0n) is 15.1. The van der Waals surface area contributed by atoms with Crippen molar-refractivity contribution in [3.05, 3.63) is 106 Å². The lowest BCUT2D eigenvalue weighted by molar-refractivity contribution is 0.445. The molecule has 0 unspecified atom stereocenters. The minimum atomic E-state index is -0.332. The summed E-state index contributed by atoms with van der Waals surface area (Å²) in [4.78, 5) is 12.0. The van der Waals surface area contributed by atoms with Gasteiger partial charge < -0.3 is 8.83 Å². The van der Waals surface area contributed by atoms with Crippen LogP contribution in [-0.2, 0) is 13.0 Å². The lowest BCUT2D eigenvalue weighted by Crippen LogP contribution is -2.22. The van der Waals surface area contributed by atoms with E-state index in [2.05, 4.69) is 30.4 Å². The van der Waals surface area contributed by atoms with Crippen LogP contribution in [-0.4, -0.2) is 0 Å². The Morgan fingerprint density at radius 1 is 1.00 bits per heavy atom. The first kappa shape index (κ1) is 17.3. The second-order valence-electron chi connectivity index (χ2n) is 6.51. The average molecular weight is 359 g/mol. The zero-order valence-corrected chi connectivity index (χ0v) is 15.1. The number of fused-ring (bicyclic) bond motifs is 1. The molecule has 1 N–H and O–H groups in total. The molecule has 0 aliphatic heterocycles. The highest BCUT2D eigenvalue weighted by atomic mass is 16.4. The van der Waals surface area contributed by atoms with E-state index in [1.165, 1.54) is 0 Å². The van der Waals surface area contributed by atoms with Gasteiger partial charge in [0.25, 0.3) is 0 Å². The molecule has 0 aliphatic rings. The Kier molecular flexibility index (Phi) is 4.90. The van der Waals surface area contributed by atoms with Crippen molar-refractivity contribution in [1.29, 1.82) is 0 Å². The van der Waals surface area contributed by atoms with Crippen molar-refractivity contribution in [1.82, 2.24) is 5.32 Å². The van der Waals surface area contributed by atoms with Gasteiger partial charge in [-0.15, -0.1) is 0 Å². The van der Waals surface area contributed by atoms with Crippen molar-refractivity contribution in [3.63, 3.8) is 0 Å². The van der Waals surface area contributed by atoms with Gasteiger partial charge in [-0.05, 0) is 41.3 Å². The monoisotopic (exact) mass is 359 g/mol. The molecule has 0 fully saturated rings. The molecular weight excluding hydrogens is 338 g/mol. The Labute approximate surface area is 157 Å². The number of rotatable bonds is 6. The predicted octanol–water partition coefficient (Wildman–Crippen LogP) is 4.83. The molecule has 1 atom stereocenters. The summed E-state index contributed by atoms with van der Waals surface area (Å²) in [6.45, 7) is 2.60. The van der Waals surface area contributed by atoms with E-state index in [0.717, 1.165) is 34.3 Å². The van der Waals surface area contributed by atoms with Crippen molar-refractivity contribution >= 4 is 11.0 Å². The van der Waals surface area contributed by atoms with Crippen LogP contribution in [0.2, 0.25) is 0 Å². The van der Waals surface area contributed by atoms with Crippen molar-refractivity contribution in [2.24, 2.45) is 0 Å². The van der Waals surface area contributed by atoms with Crippen molar-refractivity contribution in [3.8, 4) is 0 Å². The highest BCUT2D eigenvalue weighted by Gasteiger charge is 2.17. The summed E-state index contributed by atoms with van der Waals surface area (Å²) in [6.07, 6.45) is 2.57. The molecule has 0 bridgehead atoms. The summed E-state index contributed by atoms with van der Waals surface area (Å²) in [5, 5.41) is 4.48. The Morgan fingerprint density at radius 3 is 2.59 bits per heavy atom. The summed E-state index contributed by atoms with van der Waals surface area (Å²) in [5.41, 5.74) is 3.47. The van der Waals surface area contributed by atoms with E-state index < -0.39 is 0 Å². The van der Waals surface area contributed by atoms with Gasteiger partial charge >= 0.3 is 5.63 Å². The van der Waals surface area contributed by atoms with Crippen LogP contribution in [0.15, 0.2) is 86.6 Å². The third kappa shape index (κ3) is 3.71. The number of aryl methyl sites for hydroxylation is 1. The minimum absolute atomic E-state index is 0.0987. The maximum absolute atomic E-state index is 12.0. The van der Waals surface area contributed by atoms with Gasteiger partial charge in [0.15, 0.2) is 0 Å². The molecule has 2 heterocycles. The van der Waals surface area contributed by atoms with Crippen LogP contribution in [0.5, 0.6) is 0 Å². The van der Waals surface area contributed by atoms with Crippen LogP contribution in [0, 0.1) is 0 Å². The topological polar surface area (TPSA) is 55.4 Å². The fraction of sp³-hybridized carbons (Fsp3) is 0.174. The number of hydrogen-bond donors (Lipinski definition) is 1. The molecule has 0 spiro atoms. The molecule has 4 aromatic rings. The van der Waals surface area contributed by atoms with Gasteiger partial charge in [-0.2, -0.15) is 0 Å². The van der Waals surface area contributed by atoms with Crippen LogP contribution in [0.1, 0.15) is 35.4 Å². The number of nitrogens with one attached hydrogen (secondary N) is 1. The van der Waals surface area contributed by atoms with E-state index in [1.807, 2.05) is 42.5 Å². The van der Waals surface area contributed by atoms with Crippen LogP contribution in [0.25, 0.3) is 11.0 Å². The van der Waals surface area contributed by atoms with E-state index in [9.17, 15) is 4.79 Å². The van der Waals surface area contributed by atoms with Crippen LogP contribution >= 0.6 is 0 Å². The molecular formula is C23H21NO3. The van der Waals surface area contributed by atoms with E-state index in [0.29, 0.717) is 12.1 Å². The maximum atomic E-state index is 12.0. The molecule has 2 aromatic heterocycles. The molecule has 4 nitrogen and oxygen atoms in total. The largest absolute Gasteiger partial charge is 0.467 e. The second-order valence-corrected chi connectivity index (χ2v) is 6.51. The lowest BCUT2D eigenvalue weighted by Gasteiger charge is -2.18. The summed E-state index contributed by atoms with van der Waals surface area (Å²) in [7, 11) is 0. The highest BCUT2D eigenvalue weighted by Crippen LogP contribution is 2.24. The molecule has 0 saturated carbocycles. The predicted molar refractivity (Wildman–Crippen MR) is 106 cm³/mol. The van der Waals surface area contributed by atoms with Crippen molar-refractivity contribution in [2.45, 2.75) is 25.9 Å². The van der Waals surface area contributed by atoms with Gasteiger partial charge in [0.05, 0.1) is 12.3 Å². The fourth-order valence-electron chi connectivity index (χ4n) is 3.34. The first-order valence-electron chi connectivity index (χ1n) is 9.12. The van der Waals surface area contributed by atoms with Gasteiger partial charge in [0.1, 0.15) is 11.3 Å². The van der Waals surface area contributed by atoms with E-state index in [4.69, 9.17) is 8.83 Å². The minimum Gasteiger partial charge on any atom is -0.467 e. The first-order valence-corrected chi connectivity index (χ1v) is 9.12. The molecule has 0 amide bonds. The molecule has 4 rings (SSSR count). The Morgan fingerprint density at radius 2 is 1.85 bits per heavy atom.